The second-order valence-corrected chi connectivity index (χ2v) is 6.12. The molecule has 1 aliphatic carbocycles. The lowest BCUT2D eigenvalue weighted by Crippen LogP contribution is -2.29. The third-order valence-electron chi connectivity index (χ3n) is 4.79. The number of carbonyl (C=O) groups is 1. The Morgan fingerprint density at radius 3 is 2.53 bits per heavy atom. The summed E-state index contributed by atoms with van der Waals surface area (Å²) in [4.78, 5) is 12.0. The third-order valence-corrected chi connectivity index (χ3v) is 4.79. The first-order chi connectivity index (χ1) is 9.26. The number of rotatable bonds is 4. The first-order valence-corrected chi connectivity index (χ1v) is 7.46. The quantitative estimate of drug-likeness (QED) is 0.620. The summed E-state index contributed by atoms with van der Waals surface area (Å²) in [6.07, 6.45) is 9.57. The summed E-state index contributed by atoms with van der Waals surface area (Å²) in [5, 5.41) is 0. The summed E-state index contributed by atoms with van der Waals surface area (Å²) in [6.45, 7) is 1.37. The molecule has 2 aliphatic heterocycles. The summed E-state index contributed by atoms with van der Waals surface area (Å²) in [6, 6.07) is 0. The van der Waals surface area contributed by atoms with E-state index in [1.165, 1.54) is 12.8 Å². The van der Waals surface area contributed by atoms with Gasteiger partial charge < -0.3 is 15.2 Å². The Hall–Kier alpha value is -0.870. The van der Waals surface area contributed by atoms with E-state index in [1.807, 2.05) is 12.2 Å². The van der Waals surface area contributed by atoms with Crippen LogP contribution >= 0.6 is 0 Å². The lowest BCUT2D eigenvalue weighted by molar-refractivity contribution is -0.151. The Labute approximate surface area is 114 Å². The minimum Gasteiger partial charge on any atom is -0.465 e. The molecule has 2 N–H and O–H groups in total. The predicted octanol–water partition coefficient (Wildman–Crippen LogP) is 1.64. The van der Waals surface area contributed by atoms with E-state index in [-0.39, 0.29) is 24.1 Å². The van der Waals surface area contributed by atoms with Crippen molar-refractivity contribution in [1.82, 2.24) is 0 Å². The lowest BCUT2D eigenvalue weighted by atomic mass is 9.82. The summed E-state index contributed by atoms with van der Waals surface area (Å²) in [5.74, 6) is 1.06. The van der Waals surface area contributed by atoms with Gasteiger partial charge in [0.1, 0.15) is 0 Å². The molecule has 2 fully saturated rings. The van der Waals surface area contributed by atoms with Gasteiger partial charge in [0.25, 0.3) is 0 Å². The van der Waals surface area contributed by atoms with E-state index >= 15 is 0 Å². The van der Waals surface area contributed by atoms with Crippen LogP contribution in [0.3, 0.4) is 0 Å². The van der Waals surface area contributed by atoms with Crippen LogP contribution in [-0.4, -0.2) is 31.3 Å². The fourth-order valence-electron chi connectivity index (χ4n) is 3.44. The molecule has 3 unspecified atom stereocenters. The zero-order chi connectivity index (χ0) is 13.2. The van der Waals surface area contributed by atoms with Crippen molar-refractivity contribution in [3.8, 4) is 0 Å². The van der Waals surface area contributed by atoms with Crippen LogP contribution in [0.15, 0.2) is 12.2 Å². The van der Waals surface area contributed by atoms with Gasteiger partial charge in [0.15, 0.2) is 0 Å². The molecule has 3 rings (SSSR count). The van der Waals surface area contributed by atoms with Crippen molar-refractivity contribution >= 4 is 5.97 Å². The molecule has 4 nitrogen and oxygen atoms in total. The van der Waals surface area contributed by atoms with Gasteiger partial charge in [-0.2, -0.15) is 0 Å². The van der Waals surface area contributed by atoms with Crippen molar-refractivity contribution in [1.29, 1.82) is 0 Å². The second-order valence-electron chi connectivity index (χ2n) is 6.12. The molecular weight excluding hydrogens is 242 g/mol. The van der Waals surface area contributed by atoms with Crippen molar-refractivity contribution in [2.75, 3.05) is 13.2 Å². The fourth-order valence-corrected chi connectivity index (χ4v) is 3.44. The average molecular weight is 265 g/mol. The van der Waals surface area contributed by atoms with Gasteiger partial charge in [0.05, 0.1) is 24.7 Å². The molecule has 0 radical (unpaired) electrons. The van der Waals surface area contributed by atoms with Crippen molar-refractivity contribution in [3.05, 3.63) is 12.2 Å². The van der Waals surface area contributed by atoms with Crippen LogP contribution < -0.4 is 5.73 Å². The molecule has 0 aromatic rings. The van der Waals surface area contributed by atoms with Crippen LogP contribution in [0.25, 0.3) is 0 Å². The fraction of sp³-hybridized carbons (Fsp3) is 0.800. The number of hydrogen-bond donors (Lipinski definition) is 1. The normalized spacial score (nSPS) is 40.6. The van der Waals surface area contributed by atoms with Gasteiger partial charge in [-0.3, -0.25) is 4.79 Å². The molecular formula is C15H23NO3. The van der Waals surface area contributed by atoms with Crippen molar-refractivity contribution in [2.45, 2.75) is 44.3 Å². The first-order valence-electron chi connectivity index (χ1n) is 7.46. The van der Waals surface area contributed by atoms with Gasteiger partial charge in [0.2, 0.25) is 0 Å². The number of esters is 1. The molecule has 1 saturated carbocycles. The predicted molar refractivity (Wildman–Crippen MR) is 71.4 cm³/mol. The Morgan fingerprint density at radius 1 is 1.21 bits per heavy atom. The van der Waals surface area contributed by atoms with E-state index in [1.54, 1.807) is 0 Å². The summed E-state index contributed by atoms with van der Waals surface area (Å²) >= 11 is 0. The van der Waals surface area contributed by atoms with E-state index in [2.05, 4.69) is 0 Å². The van der Waals surface area contributed by atoms with Gasteiger partial charge in [-0.1, -0.05) is 12.2 Å². The monoisotopic (exact) mass is 265 g/mol. The standard InChI is InChI=1S/C15H23NO3/c16-8-10-1-3-11(4-2-10)9-18-15(17)13-7-12-5-6-14(13)19-12/h5-6,10-14H,1-4,7-9,16H2. The maximum absolute atomic E-state index is 12.0. The molecule has 0 aromatic heterocycles. The van der Waals surface area contributed by atoms with Crippen LogP contribution in [-0.2, 0) is 14.3 Å². The molecule has 2 bridgehead atoms. The molecule has 0 spiro atoms. The number of hydrogen-bond acceptors (Lipinski definition) is 4. The van der Waals surface area contributed by atoms with E-state index in [9.17, 15) is 4.79 Å². The lowest BCUT2D eigenvalue weighted by Gasteiger charge is -2.27. The van der Waals surface area contributed by atoms with Crippen LogP contribution in [0.5, 0.6) is 0 Å². The van der Waals surface area contributed by atoms with Crippen molar-refractivity contribution < 1.29 is 14.3 Å². The Bertz CT molecular complexity index is 360. The smallest absolute Gasteiger partial charge is 0.312 e. The van der Waals surface area contributed by atoms with Gasteiger partial charge in [-0.25, -0.2) is 0 Å². The van der Waals surface area contributed by atoms with Crippen LogP contribution in [0.2, 0.25) is 0 Å². The van der Waals surface area contributed by atoms with E-state index in [0.717, 1.165) is 25.8 Å². The topological polar surface area (TPSA) is 61.5 Å². The molecule has 2 heterocycles. The Morgan fingerprint density at radius 2 is 1.95 bits per heavy atom. The molecule has 19 heavy (non-hydrogen) atoms. The molecule has 3 aliphatic rings. The number of nitrogens with two attached hydrogens (primary N) is 1. The summed E-state index contributed by atoms with van der Waals surface area (Å²) in [5.41, 5.74) is 5.68. The van der Waals surface area contributed by atoms with E-state index < -0.39 is 0 Å². The van der Waals surface area contributed by atoms with Crippen LogP contribution in [0.1, 0.15) is 32.1 Å². The van der Waals surface area contributed by atoms with Gasteiger partial charge >= 0.3 is 5.97 Å². The largest absolute Gasteiger partial charge is 0.465 e. The van der Waals surface area contributed by atoms with Crippen molar-refractivity contribution in [2.24, 2.45) is 23.5 Å². The average Bonchev–Trinajstić information content (AvgIpc) is 3.08. The zero-order valence-corrected chi connectivity index (χ0v) is 11.3. The zero-order valence-electron chi connectivity index (χ0n) is 11.3. The second kappa shape index (κ2) is 5.63. The third kappa shape index (κ3) is 2.84. The maximum Gasteiger partial charge on any atom is 0.312 e. The van der Waals surface area contributed by atoms with E-state index in [0.29, 0.717) is 18.4 Å². The van der Waals surface area contributed by atoms with E-state index in [4.69, 9.17) is 15.2 Å². The highest BCUT2D eigenvalue weighted by molar-refractivity contribution is 5.74. The SMILES string of the molecule is NCC1CCC(COC(=O)C2CC3C=CC2O3)CC1. The highest BCUT2D eigenvalue weighted by Crippen LogP contribution is 2.35. The number of fused-ring (bicyclic) bond motifs is 2. The molecule has 0 aromatic carbocycles. The Kier molecular flexibility index (Phi) is 3.89. The number of carbonyl (C=O) groups excluding carboxylic acids is 1. The van der Waals surface area contributed by atoms with Gasteiger partial charge in [-0.15, -0.1) is 0 Å². The van der Waals surface area contributed by atoms with Crippen LogP contribution in [0.4, 0.5) is 0 Å². The Balaban J connectivity index is 1.41. The maximum atomic E-state index is 12.0. The highest BCUT2D eigenvalue weighted by atomic mass is 16.5. The summed E-state index contributed by atoms with van der Waals surface area (Å²) in [7, 11) is 0. The molecule has 1 saturated heterocycles. The number of ether oxygens (including phenoxy) is 2. The molecule has 3 atom stereocenters. The highest BCUT2D eigenvalue weighted by Gasteiger charge is 2.42. The molecule has 106 valence electrons. The molecule has 4 heteroatoms. The van der Waals surface area contributed by atoms with Crippen molar-refractivity contribution in [3.63, 3.8) is 0 Å². The van der Waals surface area contributed by atoms with Crippen LogP contribution in [0, 0.1) is 17.8 Å². The summed E-state index contributed by atoms with van der Waals surface area (Å²) < 4.78 is 11.1. The minimum absolute atomic E-state index is 0.0366. The van der Waals surface area contributed by atoms with Gasteiger partial charge in [0, 0.05) is 0 Å². The minimum atomic E-state index is -0.0737. The first kappa shape index (κ1) is 13.1. The van der Waals surface area contributed by atoms with Gasteiger partial charge in [-0.05, 0) is 50.5 Å². The molecule has 0 amide bonds.